The van der Waals surface area contributed by atoms with Crippen LogP contribution in [0.1, 0.15) is 27.7 Å². The molecule has 0 unspecified atom stereocenters. The smallest absolute Gasteiger partial charge is 0.133 e. The quantitative estimate of drug-likeness (QED) is 0.292. The summed E-state index contributed by atoms with van der Waals surface area (Å²) in [7, 11) is 0. The molecule has 6 N–H and O–H groups in total. The topological polar surface area (TPSA) is 121 Å². The Morgan fingerprint density at radius 1 is 0.556 bits per heavy atom. The molecule has 0 bridgehead atoms. The Kier molecular flexibility index (Phi) is 1.69. The Balaban J connectivity index is 2.22. The van der Waals surface area contributed by atoms with Crippen molar-refractivity contribution in [1.29, 1.82) is 0 Å². The molecule has 3 rings (SSSR count). The van der Waals surface area contributed by atoms with Gasteiger partial charge >= 0.3 is 0 Å². The van der Waals surface area contributed by atoms with Crippen molar-refractivity contribution >= 4 is 0 Å². The minimum atomic E-state index is -2.03. The first-order valence-electron chi connectivity index (χ1n) is 6.07. The van der Waals surface area contributed by atoms with E-state index in [4.69, 9.17) is 0 Å². The van der Waals surface area contributed by atoms with Gasteiger partial charge in [-0.2, -0.15) is 0 Å². The second-order valence-electron chi connectivity index (χ2n) is 7.12. The average molecular weight is 260 g/mol. The fraction of sp³-hybridized carbons (Fsp3) is 1.00. The third-order valence-corrected chi connectivity index (χ3v) is 6.43. The number of aliphatic hydroxyl groups excluding tert-OH is 2. The zero-order chi connectivity index (χ0) is 14.2. The molecule has 104 valence electrons. The molecule has 0 spiro atoms. The summed E-state index contributed by atoms with van der Waals surface area (Å²) in [4.78, 5) is 0. The van der Waals surface area contributed by atoms with Crippen LogP contribution in [-0.4, -0.2) is 65.3 Å². The van der Waals surface area contributed by atoms with Gasteiger partial charge in [-0.15, -0.1) is 0 Å². The minimum Gasteiger partial charge on any atom is -0.387 e. The maximum absolute atomic E-state index is 10.5. The van der Waals surface area contributed by atoms with Gasteiger partial charge in [-0.3, -0.25) is 0 Å². The first-order valence-corrected chi connectivity index (χ1v) is 6.07. The highest BCUT2D eigenvalue weighted by Gasteiger charge is 3.05. The van der Waals surface area contributed by atoms with E-state index in [9.17, 15) is 30.6 Å². The standard InChI is InChI=1S/C12H20O6/c1-7(2)9(15)5(13)11(17)8(3,4)12(11,18)6(14)10(7,9)16/h5-6,13-18H,1-4H3/t5-,6-,9-,10+,11-,12-/m1/s1. The second kappa shape index (κ2) is 2.39. The number of aliphatic hydroxyl groups is 6. The minimum absolute atomic E-state index is 1.21. The van der Waals surface area contributed by atoms with Crippen molar-refractivity contribution in [2.45, 2.75) is 62.3 Å². The molecule has 6 heteroatoms. The molecule has 0 aliphatic heterocycles. The Labute approximate surface area is 105 Å². The van der Waals surface area contributed by atoms with Crippen LogP contribution in [-0.2, 0) is 0 Å². The number of hydrogen-bond acceptors (Lipinski definition) is 6. The molecular formula is C12H20O6. The number of rotatable bonds is 0. The molecular weight excluding hydrogens is 240 g/mol. The molecule has 18 heavy (non-hydrogen) atoms. The van der Waals surface area contributed by atoms with E-state index in [1.54, 1.807) is 0 Å². The van der Waals surface area contributed by atoms with Crippen LogP contribution in [0.15, 0.2) is 0 Å². The van der Waals surface area contributed by atoms with E-state index in [2.05, 4.69) is 0 Å². The summed E-state index contributed by atoms with van der Waals surface area (Å²) in [6.07, 6.45) is -3.46. The van der Waals surface area contributed by atoms with Gasteiger partial charge in [-0.25, -0.2) is 0 Å². The van der Waals surface area contributed by atoms with E-state index in [1.165, 1.54) is 27.7 Å². The van der Waals surface area contributed by atoms with Gasteiger partial charge in [0, 0.05) is 10.8 Å². The molecule has 0 saturated heterocycles. The fourth-order valence-electron chi connectivity index (χ4n) is 4.60. The third kappa shape index (κ3) is 0.631. The van der Waals surface area contributed by atoms with Crippen molar-refractivity contribution in [3.05, 3.63) is 0 Å². The molecule has 0 heterocycles. The number of fused-ring (bicyclic) bond motifs is 2. The van der Waals surface area contributed by atoms with Gasteiger partial charge in [0.15, 0.2) is 0 Å². The fourth-order valence-corrected chi connectivity index (χ4v) is 4.60. The lowest BCUT2D eigenvalue weighted by molar-refractivity contribution is -0.223. The summed E-state index contributed by atoms with van der Waals surface area (Å²) < 4.78 is 0. The lowest BCUT2D eigenvalue weighted by Gasteiger charge is -2.37. The largest absolute Gasteiger partial charge is 0.387 e. The van der Waals surface area contributed by atoms with Gasteiger partial charge in [0.05, 0.1) is 0 Å². The van der Waals surface area contributed by atoms with Crippen LogP contribution in [0.5, 0.6) is 0 Å². The van der Waals surface area contributed by atoms with E-state index in [1.807, 2.05) is 0 Å². The molecule has 6 nitrogen and oxygen atoms in total. The zero-order valence-electron chi connectivity index (χ0n) is 10.8. The molecule has 3 fully saturated rings. The number of hydrogen-bond donors (Lipinski definition) is 6. The summed E-state index contributed by atoms with van der Waals surface area (Å²) in [6, 6.07) is 0. The Morgan fingerprint density at radius 2 is 0.722 bits per heavy atom. The molecule has 0 aromatic rings. The van der Waals surface area contributed by atoms with E-state index in [-0.39, 0.29) is 0 Å². The van der Waals surface area contributed by atoms with Gasteiger partial charge in [0.2, 0.25) is 0 Å². The van der Waals surface area contributed by atoms with Crippen LogP contribution in [0, 0.1) is 10.8 Å². The van der Waals surface area contributed by atoms with Crippen LogP contribution < -0.4 is 0 Å². The molecule has 0 amide bonds. The maximum atomic E-state index is 10.5. The van der Waals surface area contributed by atoms with Crippen LogP contribution in [0.3, 0.4) is 0 Å². The summed E-state index contributed by atoms with van der Waals surface area (Å²) in [5, 5.41) is 62.3. The SMILES string of the molecule is CC1(C)[C@]2(O)[C@H](O)[C@@]3(O)C(C)(C)[C@@]3(O)[C@@H](O)[C@@]12O. The summed E-state index contributed by atoms with van der Waals surface area (Å²) in [5.74, 6) is 0. The van der Waals surface area contributed by atoms with Crippen LogP contribution >= 0.6 is 0 Å². The van der Waals surface area contributed by atoms with E-state index in [0.29, 0.717) is 0 Å². The normalized spacial score (nSPS) is 67.0. The summed E-state index contributed by atoms with van der Waals surface area (Å²) in [6.45, 7) is 5.90. The van der Waals surface area contributed by atoms with Gasteiger partial charge in [0.1, 0.15) is 34.6 Å². The van der Waals surface area contributed by atoms with Crippen molar-refractivity contribution in [2.24, 2.45) is 10.8 Å². The summed E-state index contributed by atoms with van der Waals surface area (Å²) in [5.41, 5.74) is -10.6. The van der Waals surface area contributed by atoms with E-state index in [0.717, 1.165) is 0 Å². The van der Waals surface area contributed by atoms with Gasteiger partial charge in [-0.05, 0) is 0 Å². The molecule has 0 aromatic heterocycles. The highest BCUT2D eigenvalue weighted by molar-refractivity contribution is 5.54. The first-order chi connectivity index (χ1) is 7.81. The maximum Gasteiger partial charge on any atom is 0.133 e. The predicted molar refractivity (Wildman–Crippen MR) is 59.4 cm³/mol. The highest BCUT2D eigenvalue weighted by Crippen LogP contribution is 2.83. The zero-order valence-corrected chi connectivity index (χ0v) is 10.8. The van der Waals surface area contributed by atoms with Gasteiger partial charge < -0.3 is 30.6 Å². The van der Waals surface area contributed by atoms with Crippen molar-refractivity contribution in [3.8, 4) is 0 Å². The Bertz CT molecular complexity index is 383. The summed E-state index contributed by atoms with van der Waals surface area (Å²) >= 11 is 0. The third-order valence-electron chi connectivity index (χ3n) is 6.43. The van der Waals surface area contributed by atoms with Crippen molar-refractivity contribution in [1.82, 2.24) is 0 Å². The molecule has 3 aliphatic carbocycles. The second-order valence-corrected chi connectivity index (χ2v) is 7.12. The molecule has 0 aromatic carbocycles. The Morgan fingerprint density at radius 3 is 0.889 bits per heavy atom. The molecule has 0 radical (unpaired) electrons. The van der Waals surface area contributed by atoms with Crippen LogP contribution in [0.25, 0.3) is 0 Å². The van der Waals surface area contributed by atoms with E-state index < -0.39 is 45.4 Å². The van der Waals surface area contributed by atoms with Crippen molar-refractivity contribution in [2.75, 3.05) is 0 Å². The Hall–Kier alpha value is -0.240. The van der Waals surface area contributed by atoms with E-state index >= 15 is 0 Å². The molecule has 3 saturated carbocycles. The highest BCUT2D eigenvalue weighted by atomic mass is 16.5. The monoisotopic (exact) mass is 260 g/mol. The van der Waals surface area contributed by atoms with Gasteiger partial charge in [-0.1, -0.05) is 27.7 Å². The average Bonchev–Trinajstić information content (AvgIpc) is 2.82. The first kappa shape index (κ1) is 12.8. The van der Waals surface area contributed by atoms with Crippen LogP contribution in [0.2, 0.25) is 0 Å². The van der Waals surface area contributed by atoms with Crippen molar-refractivity contribution in [3.63, 3.8) is 0 Å². The molecule has 6 atom stereocenters. The lowest BCUT2D eigenvalue weighted by Crippen LogP contribution is -2.63. The van der Waals surface area contributed by atoms with Gasteiger partial charge in [0.25, 0.3) is 0 Å². The van der Waals surface area contributed by atoms with Crippen LogP contribution in [0.4, 0.5) is 0 Å². The molecule has 3 aliphatic rings. The van der Waals surface area contributed by atoms with Crippen molar-refractivity contribution < 1.29 is 30.6 Å². The predicted octanol–water partition coefficient (Wildman–Crippen LogP) is -2.27. The lowest BCUT2D eigenvalue weighted by atomic mass is 9.85.